The van der Waals surface area contributed by atoms with Gasteiger partial charge in [-0.3, -0.25) is 20.2 Å². The maximum atomic E-state index is 10.8. The highest BCUT2D eigenvalue weighted by Gasteiger charge is 2.32. The number of hydrogen-bond acceptors (Lipinski definition) is 6. The Morgan fingerprint density at radius 3 is 2.18 bits per heavy atom. The highest BCUT2D eigenvalue weighted by molar-refractivity contribution is 5.96. The van der Waals surface area contributed by atoms with E-state index in [0.717, 1.165) is 6.92 Å². The minimum atomic E-state index is -1.71. The van der Waals surface area contributed by atoms with Crippen molar-refractivity contribution < 1.29 is 24.9 Å². The maximum absolute atomic E-state index is 10.8. The highest BCUT2D eigenvalue weighted by Crippen LogP contribution is 2.37. The summed E-state index contributed by atoms with van der Waals surface area (Å²) in [5.41, 5.74) is -3.01. The van der Waals surface area contributed by atoms with Gasteiger partial charge in [0.15, 0.2) is 5.56 Å². The molecule has 0 radical (unpaired) electrons. The molecule has 1 aromatic rings. The molecule has 1 rings (SSSR count). The van der Waals surface area contributed by atoms with Gasteiger partial charge in [-0.2, -0.15) is 0 Å². The molecule has 9 heteroatoms. The molecule has 0 saturated heterocycles. The van der Waals surface area contributed by atoms with Gasteiger partial charge in [0.25, 0.3) is 5.69 Å². The van der Waals surface area contributed by atoms with Crippen LogP contribution in [0.4, 0.5) is 11.4 Å². The van der Waals surface area contributed by atoms with Crippen LogP contribution in [0.15, 0.2) is 6.07 Å². The summed E-state index contributed by atoms with van der Waals surface area (Å²) in [7, 11) is 0. The lowest BCUT2D eigenvalue weighted by atomic mass is 10.0. The van der Waals surface area contributed by atoms with E-state index in [2.05, 4.69) is 0 Å². The molecule has 0 aliphatic carbocycles. The largest absolute Gasteiger partial charge is 0.502 e. The summed E-state index contributed by atoms with van der Waals surface area (Å²) in [6.45, 7) is 1.06. The zero-order chi connectivity index (χ0) is 13.3. The summed E-state index contributed by atoms with van der Waals surface area (Å²) >= 11 is 0. The second kappa shape index (κ2) is 4.04. The molecule has 90 valence electrons. The first-order chi connectivity index (χ1) is 7.77. The van der Waals surface area contributed by atoms with Crippen molar-refractivity contribution in [3.8, 4) is 5.75 Å². The predicted octanol–water partition coefficient (Wildman–Crippen LogP) is 1.22. The molecular weight excluding hydrogens is 236 g/mol. The topological polar surface area (TPSA) is 144 Å². The molecule has 2 N–H and O–H groups in total. The van der Waals surface area contributed by atoms with E-state index >= 15 is 0 Å². The minimum absolute atomic E-state index is 0.382. The van der Waals surface area contributed by atoms with E-state index in [1.807, 2.05) is 0 Å². The molecule has 0 aliphatic heterocycles. The molecule has 0 spiro atoms. The Morgan fingerprint density at radius 2 is 1.82 bits per heavy atom. The third kappa shape index (κ3) is 1.97. The molecular formula is C8H6N2O7. The first-order valence-electron chi connectivity index (χ1n) is 4.16. The fourth-order valence-electron chi connectivity index (χ4n) is 1.38. The number of nitrogens with zero attached hydrogens (tertiary/aromatic N) is 2. The van der Waals surface area contributed by atoms with Crippen LogP contribution in [-0.2, 0) is 0 Å². The Labute approximate surface area is 93.2 Å². The smallest absolute Gasteiger partial charge is 0.343 e. The van der Waals surface area contributed by atoms with Crippen molar-refractivity contribution in [1.29, 1.82) is 0 Å². The van der Waals surface area contributed by atoms with Crippen LogP contribution in [0.2, 0.25) is 0 Å². The Bertz CT molecular complexity index is 537. The summed E-state index contributed by atoms with van der Waals surface area (Å²) in [5, 5.41) is 39.2. The molecule has 0 aliphatic rings. The predicted molar refractivity (Wildman–Crippen MR) is 53.1 cm³/mol. The zero-order valence-corrected chi connectivity index (χ0v) is 8.41. The summed E-state index contributed by atoms with van der Waals surface area (Å²) in [6.07, 6.45) is 0. The number of benzene rings is 1. The van der Waals surface area contributed by atoms with Gasteiger partial charge in [-0.1, -0.05) is 0 Å². The van der Waals surface area contributed by atoms with Gasteiger partial charge >= 0.3 is 11.7 Å². The number of phenols is 1. The summed E-state index contributed by atoms with van der Waals surface area (Å²) in [4.78, 5) is 30.0. The number of nitro benzene ring substituents is 2. The van der Waals surface area contributed by atoms with Gasteiger partial charge in [-0.25, -0.2) is 4.79 Å². The van der Waals surface area contributed by atoms with Gasteiger partial charge in [-0.15, -0.1) is 0 Å². The Balaban J connectivity index is 3.78. The third-order valence-corrected chi connectivity index (χ3v) is 2.11. The lowest BCUT2D eigenvalue weighted by Gasteiger charge is -2.04. The summed E-state index contributed by atoms with van der Waals surface area (Å²) in [5.74, 6) is -2.77. The lowest BCUT2D eigenvalue weighted by molar-refractivity contribution is -0.390. The number of carbonyl (C=O) groups is 1. The molecule has 0 unspecified atom stereocenters. The van der Waals surface area contributed by atoms with Crippen molar-refractivity contribution in [3.63, 3.8) is 0 Å². The van der Waals surface area contributed by atoms with Crippen molar-refractivity contribution in [2.45, 2.75) is 6.92 Å². The van der Waals surface area contributed by atoms with E-state index in [0.29, 0.717) is 6.07 Å². The summed E-state index contributed by atoms with van der Waals surface area (Å²) in [6, 6.07) is 0.555. The van der Waals surface area contributed by atoms with E-state index in [1.54, 1.807) is 0 Å². The van der Waals surface area contributed by atoms with Gasteiger partial charge in [0, 0.05) is 5.56 Å². The van der Waals surface area contributed by atoms with E-state index < -0.39 is 38.5 Å². The number of phenolic OH excluding ortho intramolecular Hbond substituents is 1. The van der Waals surface area contributed by atoms with Crippen LogP contribution >= 0.6 is 0 Å². The molecule has 0 bridgehead atoms. The molecule has 0 heterocycles. The van der Waals surface area contributed by atoms with Crippen LogP contribution in [0.25, 0.3) is 0 Å². The number of nitro groups is 2. The number of hydrogen-bond donors (Lipinski definition) is 2. The van der Waals surface area contributed by atoms with Crippen LogP contribution in [0.1, 0.15) is 15.9 Å². The van der Waals surface area contributed by atoms with Gasteiger partial charge in [-0.05, 0) is 6.92 Å². The van der Waals surface area contributed by atoms with Crippen LogP contribution in [0, 0.1) is 27.2 Å². The Hall–Kier alpha value is -2.71. The lowest BCUT2D eigenvalue weighted by Crippen LogP contribution is -2.07. The van der Waals surface area contributed by atoms with Crippen LogP contribution in [0.5, 0.6) is 5.75 Å². The molecule has 17 heavy (non-hydrogen) atoms. The van der Waals surface area contributed by atoms with Crippen molar-refractivity contribution in [3.05, 3.63) is 37.4 Å². The molecule has 0 aromatic heterocycles. The van der Waals surface area contributed by atoms with E-state index in [4.69, 9.17) is 5.11 Å². The number of rotatable bonds is 3. The maximum Gasteiger partial charge on any atom is 0.343 e. The second-order valence-corrected chi connectivity index (χ2v) is 3.08. The van der Waals surface area contributed by atoms with Gasteiger partial charge < -0.3 is 10.2 Å². The molecule has 0 fully saturated rings. The normalized spacial score (nSPS) is 9.94. The average Bonchev–Trinajstić information content (AvgIpc) is 2.18. The summed E-state index contributed by atoms with van der Waals surface area (Å²) < 4.78 is 0. The van der Waals surface area contributed by atoms with Crippen molar-refractivity contribution in [1.82, 2.24) is 0 Å². The van der Waals surface area contributed by atoms with E-state index in [9.17, 15) is 30.1 Å². The van der Waals surface area contributed by atoms with E-state index in [-0.39, 0.29) is 5.56 Å². The first kappa shape index (κ1) is 12.4. The molecule has 0 atom stereocenters. The standard InChI is InChI=1S/C8H6N2O7/c1-3-4(9(14)15)2-5(11)7(10(16)17)6(3)8(12)13/h2,11H,1H3,(H,12,13). The van der Waals surface area contributed by atoms with Crippen LogP contribution < -0.4 is 0 Å². The first-order valence-corrected chi connectivity index (χ1v) is 4.16. The Morgan fingerprint density at radius 1 is 1.29 bits per heavy atom. The molecule has 0 saturated carbocycles. The highest BCUT2D eigenvalue weighted by atomic mass is 16.6. The van der Waals surface area contributed by atoms with Crippen molar-refractivity contribution in [2.75, 3.05) is 0 Å². The molecule has 1 aromatic carbocycles. The second-order valence-electron chi connectivity index (χ2n) is 3.08. The quantitative estimate of drug-likeness (QED) is 0.598. The number of aromatic hydroxyl groups is 1. The monoisotopic (exact) mass is 242 g/mol. The molecule has 9 nitrogen and oxygen atoms in total. The Kier molecular flexibility index (Phi) is 2.94. The van der Waals surface area contributed by atoms with Crippen molar-refractivity contribution in [2.24, 2.45) is 0 Å². The third-order valence-electron chi connectivity index (χ3n) is 2.11. The average molecular weight is 242 g/mol. The van der Waals surface area contributed by atoms with Crippen LogP contribution in [0.3, 0.4) is 0 Å². The van der Waals surface area contributed by atoms with E-state index in [1.165, 1.54) is 0 Å². The fourth-order valence-corrected chi connectivity index (χ4v) is 1.38. The number of carboxylic acids is 1. The van der Waals surface area contributed by atoms with Gasteiger partial charge in [0.2, 0.25) is 5.75 Å². The molecule has 0 amide bonds. The minimum Gasteiger partial charge on any atom is -0.502 e. The van der Waals surface area contributed by atoms with Crippen LogP contribution in [-0.4, -0.2) is 26.0 Å². The SMILES string of the molecule is Cc1c([N+](=O)[O-])cc(O)c([N+](=O)[O-])c1C(=O)O. The van der Waals surface area contributed by atoms with Gasteiger partial charge in [0.05, 0.1) is 15.9 Å². The zero-order valence-electron chi connectivity index (χ0n) is 8.41. The van der Waals surface area contributed by atoms with Gasteiger partial charge in [0.1, 0.15) is 0 Å². The van der Waals surface area contributed by atoms with Crippen molar-refractivity contribution >= 4 is 17.3 Å². The number of aromatic carboxylic acids is 1. The fraction of sp³-hybridized carbons (Fsp3) is 0.125. The number of carboxylic acid groups (broad SMARTS) is 1.